The summed E-state index contributed by atoms with van der Waals surface area (Å²) in [6.07, 6.45) is -0.722. The minimum absolute atomic E-state index is 0. The molecule has 3 heterocycles. The fourth-order valence-corrected chi connectivity index (χ4v) is 3.16. The first kappa shape index (κ1) is 25.1. The number of aliphatic imine (C=N–C) groups is 1. The van der Waals surface area contributed by atoms with Gasteiger partial charge in [0, 0.05) is 31.6 Å². The number of alkyl halides is 3. The summed E-state index contributed by atoms with van der Waals surface area (Å²) in [5, 5.41) is 11.0. The second kappa shape index (κ2) is 11.5. The number of aryl methyl sites for hydroxylation is 2. The van der Waals surface area contributed by atoms with E-state index in [-0.39, 0.29) is 43.2 Å². The summed E-state index contributed by atoms with van der Waals surface area (Å²) >= 11 is 0. The number of hydrogen-bond acceptors (Lipinski definition) is 5. The zero-order valence-electron chi connectivity index (χ0n) is 17.4. The van der Waals surface area contributed by atoms with Crippen molar-refractivity contribution < 1.29 is 17.9 Å². The van der Waals surface area contributed by atoms with Gasteiger partial charge in [0.2, 0.25) is 5.88 Å². The third-order valence-corrected chi connectivity index (χ3v) is 4.58. The summed E-state index contributed by atoms with van der Waals surface area (Å²) in [7, 11) is 0. The first-order valence-electron chi connectivity index (χ1n) is 10.0. The van der Waals surface area contributed by atoms with E-state index in [1.165, 1.54) is 12.3 Å². The molecule has 3 rings (SSSR count). The van der Waals surface area contributed by atoms with Crippen LogP contribution in [0.1, 0.15) is 37.5 Å². The van der Waals surface area contributed by atoms with Crippen LogP contribution < -0.4 is 15.4 Å². The van der Waals surface area contributed by atoms with Gasteiger partial charge in [0.25, 0.3) is 0 Å². The van der Waals surface area contributed by atoms with Crippen LogP contribution in [-0.4, -0.2) is 51.4 Å². The average Bonchev–Trinajstić information content (AvgIpc) is 3.13. The van der Waals surface area contributed by atoms with Crippen LogP contribution in [0.2, 0.25) is 0 Å². The van der Waals surface area contributed by atoms with Crippen molar-refractivity contribution >= 4 is 29.9 Å². The quantitative estimate of drug-likeness (QED) is 0.238. The molecule has 0 amide bonds. The van der Waals surface area contributed by atoms with Crippen molar-refractivity contribution in [3.8, 4) is 5.88 Å². The molecule has 12 heteroatoms. The van der Waals surface area contributed by atoms with Gasteiger partial charge in [0.15, 0.2) is 11.8 Å². The highest BCUT2D eigenvalue weighted by molar-refractivity contribution is 14.0. The number of aromatic nitrogens is 4. The largest absolute Gasteiger partial charge is 0.475 e. The van der Waals surface area contributed by atoms with Crippen LogP contribution in [0.5, 0.6) is 5.88 Å². The number of guanidine groups is 1. The van der Waals surface area contributed by atoms with E-state index in [9.17, 15) is 13.2 Å². The molecule has 0 radical (unpaired) electrons. The molecule has 8 nitrogen and oxygen atoms in total. The Morgan fingerprint density at radius 2 is 2.16 bits per heavy atom. The Morgan fingerprint density at radius 1 is 1.35 bits per heavy atom. The van der Waals surface area contributed by atoms with Crippen LogP contribution in [0, 0.1) is 0 Å². The van der Waals surface area contributed by atoms with Crippen molar-refractivity contribution in [2.24, 2.45) is 4.99 Å². The standard InChI is InChI=1S/C19H26F3N7O.HI/c1-3-15-27-16-8-7-13(12-29(16)28-15)26-18(23-4-2)25-10-11-30-17-14(19(20,21)22)6-5-9-24-17;/h5-6,9,13H,3-4,7-8,10-12H2,1-2H3,(H2,23,25,26);1H. The number of fused-ring (bicyclic) bond motifs is 1. The molecule has 172 valence electrons. The smallest absolute Gasteiger partial charge is 0.421 e. The number of rotatable bonds is 7. The van der Waals surface area contributed by atoms with E-state index < -0.39 is 17.6 Å². The minimum Gasteiger partial charge on any atom is -0.475 e. The van der Waals surface area contributed by atoms with E-state index in [0.717, 1.165) is 37.0 Å². The average molecular weight is 553 g/mol. The molecule has 0 spiro atoms. The molecule has 0 saturated heterocycles. The fourth-order valence-electron chi connectivity index (χ4n) is 3.16. The van der Waals surface area contributed by atoms with Gasteiger partial charge in [-0.25, -0.2) is 19.6 Å². The molecule has 1 atom stereocenters. The second-order valence-corrected chi connectivity index (χ2v) is 6.82. The van der Waals surface area contributed by atoms with Crippen LogP contribution in [0.15, 0.2) is 23.3 Å². The lowest BCUT2D eigenvalue weighted by atomic mass is 10.1. The van der Waals surface area contributed by atoms with E-state index >= 15 is 0 Å². The maximum Gasteiger partial charge on any atom is 0.421 e. The summed E-state index contributed by atoms with van der Waals surface area (Å²) in [4.78, 5) is 12.6. The molecular formula is C19H27F3IN7O. The third kappa shape index (κ3) is 6.94. The zero-order chi connectivity index (χ0) is 21.6. The maximum absolute atomic E-state index is 13.0. The van der Waals surface area contributed by atoms with Gasteiger partial charge in [0.1, 0.15) is 18.0 Å². The highest BCUT2D eigenvalue weighted by Crippen LogP contribution is 2.34. The lowest BCUT2D eigenvalue weighted by Crippen LogP contribution is -2.47. The highest BCUT2D eigenvalue weighted by atomic mass is 127. The summed E-state index contributed by atoms with van der Waals surface area (Å²) in [6.45, 7) is 5.48. The summed E-state index contributed by atoms with van der Waals surface area (Å²) in [5.74, 6) is 1.99. The Balaban J connectivity index is 0.00000341. The molecule has 0 fully saturated rings. The molecule has 2 N–H and O–H groups in total. The monoisotopic (exact) mass is 553 g/mol. The van der Waals surface area contributed by atoms with Gasteiger partial charge in [-0.3, -0.25) is 0 Å². The van der Waals surface area contributed by atoms with Crippen molar-refractivity contribution in [2.75, 3.05) is 19.7 Å². The number of halogens is 4. The second-order valence-electron chi connectivity index (χ2n) is 6.82. The van der Waals surface area contributed by atoms with Crippen LogP contribution in [-0.2, 0) is 25.6 Å². The van der Waals surface area contributed by atoms with Crippen molar-refractivity contribution in [1.82, 2.24) is 30.4 Å². The lowest BCUT2D eigenvalue weighted by molar-refractivity contribution is -0.139. The van der Waals surface area contributed by atoms with Gasteiger partial charge in [-0.2, -0.15) is 18.3 Å². The van der Waals surface area contributed by atoms with Crippen molar-refractivity contribution in [3.63, 3.8) is 0 Å². The predicted octanol–water partition coefficient (Wildman–Crippen LogP) is 2.82. The Labute approximate surface area is 196 Å². The zero-order valence-corrected chi connectivity index (χ0v) is 19.8. The van der Waals surface area contributed by atoms with Crippen LogP contribution in [0.4, 0.5) is 13.2 Å². The molecule has 2 aromatic rings. The summed E-state index contributed by atoms with van der Waals surface area (Å²) in [6, 6.07) is 2.31. The Kier molecular flexibility index (Phi) is 9.32. The number of pyridine rings is 1. The SMILES string of the molecule is CCNC(=NCCOc1ncccc1C(F)(F)F)NC1CCc2nc(CC)nn2C1.I. The Bertz CT molecular complexity index is 872. The Morgan fingerprint density at radius 3 is 2.87 bits per heavy atom. The van der Waals surface area contributed by atoms with Gasteiger partial charge in [0.05, 0.1) is 13.1 Å². The predicted molar refractivity (Wildman–Crippen MR) is 121 cm³/mol. The van der Waals surface area contributed by atoms with Gasteiger partial charge in [-0.1, -0.05) is 6.92 Å². The van der Waals surface area contributed by atoms with Gasteiger partial charge < -0.3 is 15.4 Å². The summed E-state index contributed by atoms with van der Waals surface area (Å²) in [5.41, 5.74) is -0.892. The molecule has 31 heavy (non-hydrogen) atoms. The molecule has 1 unspecified atom stereocenters. The Hall–Kier alpha value is -2.12. The minimum atomic E-state index is -4.51. The van der Waals surface area contributed by atoms with Gasteiger partial charge >= 0.3 is 6.18 Å². The van der Waals surface area contributed by atoms with Crippen LogP contribution in [0.25, 0.3) is 0 Å². The highest BCUT2D eigenvalue weighted by Gasteiger charge is 2.35. The molecule has 0 saturated carbocycles. The van der Waals surface area contributed by atoms with Crippen LogP contribution in [0.3, 0.4) is 0 Å². The number of ether oxygens (including phenoxy) is 1. The number of nitrogens with zero attached hydrogens (tertiary/aromatic N) is 5. The molecule has 0 aromatic carbocycles. The van der Waals surface area contributed by atoms with Gasteiger partial charge in [-0.15, -0.1) is 24.0 Å². The first-order valence-corrected chi connectivity index (χ1v) is 10.0. The summed E-state index contributed by atoms with van der Waals surface area (Å²) < 4.78 is 46.1. The first-order chi connectivity index (χ1) is 14.4. The van der Waals surface area contributed by atoms with E-state index in [2.05, 4.69) is 30.7 Å². The van der Waals surface area contributed by atoms with Gasteiger partial charge in [-0.05, 0) is 25.5 Å². The molecular weight excluding hydrogens is 526 g/mol. The van der Waals surface area contributed by atoms with Crippen LogP contribution >= 0.6 is 24.0 Å². The van der Waals surface area contributed by atoms with E-state index in [4.69, 9.17) is 4.74 Å². The van der Waals surface area contributed by atoms with Crippen molar-refractivity contribution in [2.45, 2.75) is 51.9 Å². The molecule has 0 bridgehead atoms. The number of hydrogen-bond donors (Lipinski definition) is 2. The van der Waals surface area contributed by atoms with Crippen molar-refractivity contribution in [1.29, 1.82) is 0 Å². The lowest BCUT2D eigenvalue weighted by Gasteiger charge is -2.25. The van der Waals surface area contributed by atoms with E-state index in [1.54, 1.807) is 0 Å². The maximum atomic E-state index is 13.0. The molecule has 1 aliphatic heterocycles. The topological polar surface area (TPSA) is 89.2 Å². The molecule has 1 aliphatic rings. The normalized spacial score (nSPS) is 16.3. The third-order valence-electron chi connectivity index (χ3n) is 4.58. The van der Waals surface area contributed by atoms with Crippen molar-refractivity contribution in [3.05, 3.63) is 35.5 Å². The fraction of sp³-hybridized carbons (Fsp3) is 0.579. The van der Waals surface area contributed by atoms with E-state index in [1.807, 2.05) is 18.5 Å². The number of nitrogens with one attached hydrogen (secondary N) is 2. The van der Waals surface area contributed by atoms with E-state index in [0.29, 0.717) is 19.0 Å². The molecule has 0 aliphatic carbocycles. The molecule has 2 aromatic heterocycles.